The van der Waals surface area contributed by atoms with Crippen LogP contribution in [0.4, 0.5) is 0 Å². The van der Waals surface area contributed by atoms with Crippen LogP contribution in [-0.4, -0.2) is 4.98 Å². The number of halogens is 4. The number of hydrogen-bond acceptors (Lipinski definition) is 1. The molecular weight excluding hydrogens is 353 g/mol. The largest absolute Gasteiger partial charge is 0.253 e. The number of pyridine rings is 1. The summed E-state index contributed by atoms with van der Waals surface area (Å²) in [4.78, 5) is 4.20. The monoisotopic (exact) mass is 353 g/mol. The Kier molecular flexibility index (Phi) is 3.03. The highest BCUT2D eigenvalue weighted by Gasteiger charge is 2.08. The van der Waals surface area contributed by atoms with Crippen molar-refractivity contribution in [3.05, 3.63) is 37.3 Å². The van der Waals surface area contributed by atoms with Crippen LogP contribution in [0.5, 0.6) is 0 Å². The van der Waals surface area contributed by atoms with Gasteiger partial charge in [0.2, 0.25) is 0 Å². The Morgan fingerprint density at radius 3 is 2.57 bits per heavy atom. The van der Waals surface area contributed by atoms with E-state index in [0.29, 0.717) is 10.0 Å². The molecule has 2 aromatic rings. The first kappa shape index (κ1) is 10.7. The van der Waals surface area contributed by atoms with Gasteiger partial charge >= 0.3 is 0 Å². The van der Waals surface area contributed by atoms with Crippen molar-refractivity contribution in [2.45, 2.75) is 0 Å². The zero-order valence-electron chi connectivity index (χ0n) is 6.69. The summed E-state index contributed by atoms with van der Waals surface area (Å²) in [5.74, 6) is 0. The molecule has 0 radical (unpaired) electrons. The number of rotatable bonds is 0. The standard InChI is InChI=1S/C9H3Br2Cl2N/c10-4-1-5-8(13)7(12)3-14-9(5)6(11)2-4/h1-3H. The van der Waals surface area contributed by atoms with E-state index in [1.165, 1.54) is 0 Å². The summed E-state index contributed by atoms with van der Waals surface area (Å²) in [6, 6.07) is 3.81. The third-order valence-electron chi connectivity index (χ3n) is 1.78. The first-order chi connectivity index (χ1) is 6.59. The Balaban J connectivity index is 2.95. The van der Waals surface area contributed by atoms with E-state index in [1.807, 2.05) is 12.1 Å². The predicted molar refractivity (Wildman–Crippen MR) is 67.2 cm³/mol. The maximum absolute atomic E-state index is 6.06. The van der Waals surface area contributed by atoms with Gasteiger partial charge in [-0.25, -0.2) is 0 Å². The van der Waals surface area contributed by atoms with Gasteiger partial charge in [0.05, 0.1) is 15.6 Å². The molecule has 5 heteroatoms. The van der Waals surface area contributed by atoms with Gasteiger partial charge in [0.1, 0.15) is 0 Å². The van der Waals surface area contributed by atoms with Crippen LogP contribution in [0.3, 0.4) is 0 Å². The summed E-state index contributed by atoms with van der Waals surface area (Å²) in [5, 5.41) is 1.82. The summed E-state index contributed by atoms with van der Waals surface area (Å²) >= 11 is 18.7. The molecule has 1 aromatic heterocycles. The van der Waals surface area contributed by atoms with E-state index in [4.69, 9.17) is 23.2 Å². The molecule has 0 bridgehead atoms. The Morgan fingerprint density at radius 2 is 1.86 bits per heavy atom. The van der Waals surface area contributed by atoms with Crippen LogP contribution in [-0.2, 0) is 0 Å². The highest BCUT2D eigenvalue weighted by atomic mass is 79.9. The fourth-order valence-corrected chi connectivity index (χ4v) is 2.84. The second kappa shape index (κ2) is 3.97. The SMILES string of the molecule is Clc1cnc2c(Br)cc(Br)cc2c1Cl. The van der Waals surface area contributed by atoms with E-state index in [-0.39, 0.29) is 0 Å². The van der Waals surface area contributed by atoms with Crippen molar-refractivity contribution in [2.24, 2.45) is 0 Å². The number of nitrogens with zero attached hydrogens (tertiary/aromatic N) is 1. The Morgan fingerprint density at radius 1 is 1.14 bits per heavy atom. The lowest BCUT2D eigenvalue weighted by Crippen LogP contribution is -1.83. The number of benzene rings is 1. The van der Waals surface area contributed by atoms with Gasteiger partial charge in [-0.05, 0) is 28.1 Å². The first-order valence-electron chi connectivity index (χ1n) is 3.68. The van der Waals surface area contributed by atoms with Crippen molar-refractivity contribution in [3.8, 4) is 0 Å². The molecule has 14 heavy (non-hydrogen) atoms. The van der Waals surface area contributed by atoms with Crippen LogP contribution in [0, 0.1) is 0 Å². The van der Waals surface area contributed by atoms with Crippen molar-refractivity contribution >= 4 is 66.0 Å². The molecule has 0 atom stereocenters. The second-order valence-electron chi connectivity index (χ2n) is 2.70. The molecule has 0 saturated heterocycles. The quantitative estimate of drug-likeness (QED) is 0.643. The third-order valence-corrected chi connectivity index (χ3v) is 3.63. The first-order valence-corrected chi connectivity index (χ1v) is 6.02. The Hall–Kier alpha value is 0.170. The molecule has 0 unspecified atom stereocenters. The summed E-state index contributed by atoms with van der Waals surface area (Å²) < 4.78 is 1.82. The molecule has 72 valence electrons. The van der Waals surface area contributed by atoms with Crippen LogP contribution in [0.25, 0.3) is 10.9 Å². The van der Waals surface area contributed by atoms with Crippen molar-refractivity contribution in [1.82, 2.24) is 4.98 Å². The fourth-order valence-electron chi connectivity index (χ4n) is 1.17. The summed E-state index contributed by atoms with van der Waals surface area (Å²) in [6.07, 6.45) is 1.55. The third kappa shape index (κ3) is 1.78. The van der Waals surface area contributed by atoms with Crippen molar-refractivity contribution in [3.63, 3.8) is 0 Å². The zero-order chi connectivity index (χ0) is 10.3. The van der Waals surface area contributed by atoms with Gasteiger partial charge in [0, 0.05) is 20.5 Å². The van der Waals surface area contributed by atoms with Gasteiger partial charge in [-0.2, -0.15) is 0 Å². The predicted octanol–water partition coefficient (Wildman–Crippen LogP) is 5.07. The van der Waals surface area contributed by atoms with Gasteiger partial charge in [-0.15, -0.1) is 0 Å². The maximum atomic E-state index is 6.06. The maximum Gasteiger partial charge on any atom is 0.0860 e. The molecule has 1 aromatic carbocycles. The molecule has 0 aliphatic carbocycles. The minimum absolute atomic E-state index is 0.462. The molecule has 0 aliphatic heterocycles. The molecule has 0 N–H and O–H groups in total. The van der Waals surface area contributed by atoms with Crippen LogP contribution < -0.4 is 0 Å². The van der Waals surface area contributed by atoms with Crippen LogP contribution in [0.1, 0.15) is 0 Å². The number of aromatic nitrogens is 1. The highest BCUT2D eigenvalue weighted by molar-refractivity contribution is 9.11. The van der Waals surface area contributed by atoms with Gasteiger partial charge in [-0.3, -0.25) is 4.98 Å². The fraction of sp³-hybridized carbons (Fsp3) is 0. The van der Waals surface area contributed by atoms with E-state index in [9.17, 15) is 0 Å². The lowest BCUT2D eigenvalue weighted by atomic mass is 10.2. The lowest BCUT2D eigenvalue weighted by Gasteiger charge is -2.04. The smallest absolute Gasteiger partial charge is 0.0860 e. The topological polar surface area (TPSA) is 12.9 Å². The molecule has 2 rings (SSSR count). The molecule has 0 amide bonds. The van der Waals surface area contributed by atoms with Crippen molar-refractivity contribution in [2.75, 3.05) is 0 Å². The van der Waals surface area contributed by atoms with Gasteiger partial charge < -0.3 is 0 Å². The second-order valence-corrected chi connectivity index (χ2v) is 5.26. The molecule has 1 nitrogen and oxygen atoms in total. The molecule has 0 spiro atoms. The normalized spacial score (nSPS) is 10.9. The van der Waals surface area contributed by atoms with E-state index in [2.05, 4.69) is 36.8 Å². The van der Waals surface area contributed by atoms with E-state index in [0.717, 1.165) is 19.8 Å². The summed E-state index contributed by atoms with van der Waals surface area (Å²) in [6.45, 7) is 0. The van der Waals surface area contributed by atoms with Gasteiger partial charge in [-0.1, -0.05) is 39.1 Å². The van der Waals surface area contributed by atoms with Crippen LogP contribution >= 0.6 is 55.1 Å². The average Bonchev–Trinajstić information content (AvgIpc) is 2.12. The Labute approximate surface area is 108 Å². The molecular formula is C9H3Br2Cl2N. The zero-order valence-corrected chi connectivity index (χ0v) is 11.4. The van der Waals surface area contributed by atoms with E-state index < -0.39 is 0 Å². The molecule has 0 aliphatic rings. The summed E-state index contributed by atoms with van der Waals surface area (Å²) in [7, 11) is 0. The van der Waals surface area contributed by atoms with E-state index in [1.54, 1.807) is 6.20 Å². The van der Waals surface area contributed by atoms with Gasteiger partial charge in [0.25, 0.3) is 0 Å². The highest BCUT2D eigenvalue weighted by Crippen LogP contribution is 2.34. The average molecular weight is 356 g/mol. The number of hydrogen-bond donors (Lipinski definition) is 0. The van der Waals surface area contributed by atoms with Crippen LogP contribution in [0.15, 0.2) is 27.3 Å². The van der Waals surface area contributed by atoms with Crippen LogP contribution in [0.2, 0.25) is 10.0 Å². The Bertz CT molecular complexity index is 514. The molecule has 0 saturated carbocycles. The lowest BCUT2D eigenvalue weighted by molar-refractivity contribution is 1.40. The minimum atomic E-state index is 0.462. The van der Waals surface area contributed by atoms with Crippen molar-refractivity contribution < 1.29 is 0 Å². The minimum Gasteiger partial charge on any atom is -0.253 e. The van der Waals surface area contributed by atoms with E-state index >= 15 is 0 Å². The molecule has 0 fully saturated rings. The van der Waals surface area contributed by atoms with Crippen molar-refractivity contribution in [1.29, 1.82) is 0 Å². The number of fused-ring (bicyclic) bond motifs is 1. The van der Waals surface area contributed by atoms with Gasteiger partial charge in [0.15, 0.2) is 0 Å². The summed E-state index contributed by atoms with van der Waals surface area (Å²) in [5.41, 5.74) is 0.808. The molecule has 1 heterocycles.